The number of halogens is 3. The average Bonchev–Trinajstić information content (AvgIpc) is 2.69. The number of rotatable bonds is 6. The highest BCUT2D eigenvalue weighted by molar-refractivity contribution is 5.92. The standard InChI is InChI=1S/C21H25F3N4O/c1-14(2)19(29)28-18-10-6-16(7-11-18)13-27-20(25-3)26-12-15-4-8-17(9-5-15)21(22,23)24/h4-11,14H,12-13H2,1-3H3,(H,28,29)(H2,25,26,27). The van der Waals surface area contributed by atoms with Gasteiger partial charge >= 0.3 is 6.18 Å². The summed E-state index contributed by atoms with van der Waals surface area (Å²) in [6, 6.07) is 12.4. The number of hydrogen-bond acceptors (Lipinski definition) is 2. The number of nitrogens with one attached hydrogen (secondary N) is 3. The molecule has 0 aliphatic rings. The summed E-state index contributed by atoms with van der Waals surface area (Å²) < 4.78 is 37.8. The van der Waals surface area contributed by atoms with Gasteiger partial charge in [-0.05, 0) is 35.4 Å². The number of anilines is 1. The molecule has 0 radical (unpaired) electrons. The van der Waals surface area contributed by atoms with Crippen LogP contribution in [0.3, 0.4) is 0 Å². The number of carbonyl (C=O) groups is 1. The monoisotopic (exact) mass is 406 g/mol. The molecule has 2 aromatic rings. The highest BCUT2D eigenvalue weighted by atomic mass is 19.4. The van der Waals surface area contributed by atoms with E-state index in [1.165, 1.54) is 12.1 Å². The molecule has 3 N–H and O–H groups in total. The molecule has 2 rings (SSSR count). The predicted octanol–water partition coefficient (Wildman–Crippen LogP) is 4.17. The second-order valence-corrected chi connectivity index (χ2v) is 6.81. The molecular weight excluding hydrogens is 381 g/mol. The maximum absolute atomic E-state index is 12.6. The van der Waals surface area contributed by atoms with E-state index in [-0.39, 0.29) is 11.8 Å². The maximum Gasteiger partial charge on any atom is 0.416 e. The molecule has 2 aromatic carbocycles. The van der Waals surface area contributed by atoms with Crippen molar-refractivity contribution >= 4 is 17.6 Å². The molecule has 0 aliphatic carbocycles. The second-order valence-electron chi connectivity index (χ2n) is 6.81. The predicted molar refractivity (Wildman–Crippen MR) is 108 cm³/mol. The van der Waals surface area contributed by atoms with Crippen LogP contribution < -0.4 is 16.0 Å². The summed E-state index contributed by atoms with van der Waals surface area (Å²) in [4.78, 5) is 15.8. The SMILES string of the molecule is CN=C(NCc1ccc(NC(=O)C(C)C)cc1)NCc1ccc(C(F)(F)F)cc1. The number of guanidine groups is 1. The van der Waals surface area contributed by atoms with Crippen LogP contribution in [0.5, 0.6) is 0 Å². The lowest BCUT2D eigenvalue weighted by Crippen LogP contribution is -2.36. The summed E-state index contributed by atoms with van der Waals surface area (Å²) in [6.07, 6.45) is -4.34. The Labute approximate surface area is 168 Å². The molecule has 8 heteroatoms. The van der Waals surface area contributed by atoms with Gasteiger partial charge in [0.1, 0.15) is 0 Å². The van der Waals surface area contributed by atoms with Crippen LogP contribution in [0.1, 0.15) is 30.5 Å². The van der Waals surface area contributed by atoms with Crippen molar-refractivity contribution in [2.45, 2.75) is 33.1 Å². The highest BCUT2D eigenvalue weighted by Crippen LogP contribution is 2.29. The fraction of sp³-hybridized carbons (Fsp3) is 0.333. The molecule has 0 unspecified atom stereocenters. The Balaban J connectivity index is 1.84. The highest BCUT2D eigenvalue weighted by Gasteiger charge is 2.29. The minimum atomic E-state index is -4.34. The van der Waals surface area contributed by atoms with Crippen LogP contribution >= 0.6 is 0 Å². The summed E-state index contributed by atoms with van der Waals surface area (Å²) in [5.74, 6) is 0.404. The minimum Gasteiger partial charge on any atom is -0.352 e. The summed E-state index contributed by atoms with van der Waals surface area (Å²) >= 11 is 0. The zero-order valence-corrected chi connectivity index (χ0v) is 16.6. The van der Waals surface area contributed by atoms with Crippen molar-refractivity contribution in [2.24, 2.45) is 10.9 Å². The Bertz CT molecular complexity index is 828. The summed E-state index contributed by atoms with van der Waals surface area (Å²) in [5.41, 5.74) is 1.77. The third-order valence-electron chi connectivity index (χ3n) is 4.17. The molecular formula is C21H25F3N4O. The van der Waals surface area contributed by atoms with E-state index in [4.69, 9.17) is 0 Å². The van der Waals surface area contributed by atoms with E-state index in [0.29, 0.717) is 24.6 Å². The average molecular weight is 406 g/mol. The van der Waals surface area contributed by atoms with Crippen LogP contribution in [0.15, 0.2) is 53.5 Å². The van der Waals surface area contributed by atoms with E-state index >= 15 is 0 Å². The van der Waals surface area contributed by atoms with E-state index in [2.05, 4.69) is 20.9 Å². The number of amides is 1. The molecule has 0 fully saturated rings. The number of hydrogen-bond donors (Lipinski definition) is 3. The van der Waals surface area contributed by atoms with Crippen LogP contribution in [-0.2, 0) is 24.1 Å². The first kappa shape index (κ1) is 22.3. The van der Waals surface area contributed by atoms with Gasteiger partial charge in [0.2, 0.25) is 5.91 Å². The van der Waals surface area contributed by atoms with Gasteiger partial charge in [-0.2, -0.15) is 13.2 Å². The van der Waals surface area contributed by atoms with Gasteiger partial charge in [-0.25, -0.2) is 0 Å². The number of aliphatic imine (C=N–C) groups is 1. The number of alkyl halides is 3. The Morgan fingerprint density at radius 3 is 1.83 bits per heavy atom. The van der Waals surface area contributed by atoms with Crippen LogP contribution in [0.25, 0.3) is 0 Å². The van der Waals surface area contributed by atoms with Gasteiger partial charge in [-0.3, -0.25) is 9.79 Å². The molecule has 0 aliphatic heterocycles. The minimum absolute atomic E-state index is 0.0382. The summed E-state index contributed by atoms with van der Waals surface area (Å²) in [7, 11) is 1.62. The summed E-state index contributed by atoms with van der Waals surface area (Å²) in [5, 5.41) is 9.04. The normalized spacial score (nSPS) is 12.0. The van der Waals surface area contributed by atoms with Crippen molar-refractivity contribution in [3.63, 3.8) is 0 Å². The van der Waals surface area contributed by atoms with Gasteiger partial charge in [0, 0.05) is 31.7 Å². The smallest absolute Gasteiger partial charge is 0.352 e. The Hall–Kier alpha value is -3.03. The summed E-state index contributed by atoms with van der Waals surface area (Å²) in [6.45, 7) is 4.51. The van der Waals surface area contributed by atoms with Crippen LogP contribution in [0, 0.1) is 5.92 Å². The van der Waals surface area contributed by atoms with Crippen LogP contribution in [-0.4, -0.2) is 18.9 Å². The van der Waals surface area contributed by atoms with Crippen molar-refractivity contribution in [1.29, 1.82) is 0 Å². The molecule has 0 saturated carbocycles. The Kier molecular flexibility index (Phi) is 7.64. The van der Waals surface area contributed by atoms with E-state index < -0.39 is 11.7 Å². The van der Waals surface area contributed by atoms with Gasteiger partial charge in [0.15, 0.2) is 5.96 Å². The van der Waals surface area contributed by atoms with Crippen LogP contribution in [0.4, 0.5) is 18.9 Å². The van der Waals surface area contributed by atoms with Crippen molar-refractivity contribution in [3.8, 4) is 0 Å². The lowest BCUT2D eigenvalue weighted by atomic mass is 10.1. The van der Waals surface area contributed by atoms with Crippen LogP contribution in [0.2, 0.25) is 0 Å². The van der Waals surface area contributed by atoms with E-state index in [1.807, 2.05) is 38.1 Å². The molecule has 0 saturated heterocycles. The zero-order valence-electron chi connectivity index (χ0n) is 16.6. The molecule has 0 atom stereocenters. The number of benzene rings is 2. The maximum atomic E-state index is 12.6. The van der Waals surface area contributed by atoms with E-state index in [9.17, 15) is 18.0 Å². The van der Waals surface area contributed by atoms with Gasteiger partial charge in [-0.1, -0.05) is 38.1 Å². The molecule has 0 spiro atoms. The lowest BCUT2D eigenvalue weighted by molar-refractivity contribution is -0.137. The zero-order chi connectivity index (χ0) is 21.4. The van der Waals surface area contributed by atoms with E-state index in [1.54, 1.807) is 7.05 Å². The molecule has 0 aromatic heterocycles. The first-order valence-corrected chi connectivity index (χ1v) is 9.19. The largest absolute Gasteiger partial charge is 0.416 e. The van der Waals surface area contributed by atoms with Gasteiger partial charge in [-0.15, -0.1) is 0 Å². The van der Waals surface area contributed by atoms with Crippen molar-refractivity contribution in [3.05, 3.63) is 65.2 Å². The first-order chi connectivity index (χ1) is 13.7. The molecule has 156 valence electrons. The Morgan fingerprint density at radius 2 is 1.41 bits per heavy atom. The molecule has 5 nitrogen and oxygen atoms in total. The molecule has 0 heterocycles. The van der Waals surface area contributed by atoms with Crippen molar-refractivity contribution in [2.75, 3.05) is 12.4 Å². The molecule has 29 heavy (non-hydrogen) atoms. The first-order valence-electron chi connectivity index (χ1n) is 9.19. The molecule has 0 bridgehead atoms. The fourth-order valence-corrected chi connectivity index (χ4v) is 2.40. The van der Waals surface area contributed by atoms with Crippen molar-refractivity contribution in [1.82, 2.24) is 10.6 Å². The number of nitrogens with zero attached hydrogens (tertiary/aromatic N) is 1. The topological polar surface area (TPSA) is 65.5 Å². The third kappa shape index (κ3) is 7.14. The van der Waals surface area contributed by atoms with Gasteiger partial charge < -0.3 is 16.0 Å². The Morgan fingerprint density at radius 1 is 0.931 bits per heavy atom. The second kappa shape index (κ2) is 9.95. The van der Waals surface area contributed by atoms with E-state index in [0.717, 1.165) is 23.4 Å². The molecule has 1 amide bonds. The lowest BCUT2D eigenvalue weighted by Gasteiger charge is -2.13. The van der Waals surface area contributed by atoms with Crippen molar-refractivity contribution < 1.29 is 18.0 Å². The number of carbonyl (C=O) groups excluding carboxylic acids is 1. The fourth-order valence-electron chi connectivity index (χ4n) is 2.40. The third-order valence-corrected chi connectivity index (χ3v) is 4.17. The quantitative estimate of drug-likeness (QED) is 0.498. The van der Waals surface area contributed by atoms with Gasteiger partial charge in [0.25, 0.3) is 0 Å². The van der Waals surface area contributed by atoms with Gasteiger partial charge in [0.05, 0.1) is 5.56 Å².